The molecule has 8 nitrogen and oxygen atoms in total. The number of carbonyl (C=O) groups excluding carboxylic acids is 3. The van der Waals surface area contributed by atoms with Gasteiger partial charge in [0, 0.05) is 18.3 Å². The van der Waals surface area contributed by atoms with E-state index in [0.717, 1.165) is 25.0 Å². The monoisotopic (exact) mass is 548 g/mol. The Morgan fingerprint density at radius 3 is 2.45 bits per heavy atom. The number of esters is 1. The molecular formula is C30H30F2N4O4. The molecule has 0 saturated heterocycles. The zero-order chi connectivity index (χ0) is 28.6. The molecule has 0 saturated carbocycles. The third-order valence-electron chi connectivity index (χ3n) is 6.26. The van der Waals surface area contributed by atoms with Crippen molar-refractivity contribution in [2.24, 2.45) is 0 Å². The van der Waals surface area contributed by atoms with Gasteiger partial charge in [0.25, 0.3) is 0 Å². The van der Waals surface area contributed by atoms with Crippen molar-refractivity contribution in [2.45, 2.75) is 32.7 Å². The number of nitrogens with one attached hydrogen (secondary N) is 3. The van der Waals surface area contributed by atoms with Crippen LogP contribution in [0.15, 0.2) is 78.4 Å². The molecule has 1 aliphatic rings. The van der Waals surface area contributed by atoms with Gasteiger partial charge in [0.2, 0.25) is 0 Å². The summed E-state index contributed by atoms with van der Waals surface area (Å²) in [5.41, 5.74) is 2.07. The number of hydrogen-bond acceptors (Lipinski definition) is 4. The van der Waals surface area contributed by atoms with E-state index in [2.05, 4.69) is 16.0 Å². The van der Waals surface area contributed by atoms with E-state index in [9.17, 15) is 23.2 Å². The van der Waals surface area contributed by atoms with Crippen molar-refractivity contribution in [1.82, 2.24) is 10.2 Å². The number of carbonyl (C=O) groups is 3. The van der Waals surface area contributed by atoms with Crippen molar-refractivity contribution < 1.29 is 27.9 Å². The van der Waals surface area contributed by atoms with Gasteiger partial charge in [-0.25, -0.2) is 23.2 Å². The fraction of sp³-hybridized carbons (Fsp3) is 0.233. The van der Waals surface area contributed by atoms with Crippen LogP contribution in [0.2, 0.25) is 0 Å². The second-order valence-corrected chi connectivity index (χ2v) is 9.07. The number of rotatable bonds is 9. The first kappa shape index (κ1) is 28.3. The summed E-state index contributed by atoms with van der Waals surface area (Å²) in [5, 5.41) is 7.87. The third kappa shape index (κ3) is 6.45. The number of benzene rings is 3. The smallest absolute Gasteiger partial charge is 0.338 e. The van der Waals surface area contributed by atoms with E-state index in [4.69, 9.17) is 4.74 Å². The van der Waals surface area contributed by atoms with Crippen LogP contribution in [0.1, 0.15) is 43.9 Å². The first-order valence-electron chi connectivity index (χ1n) is 13.0. The van der Waals surface area contributed by atoms with Gasteiger partial charge in [-0.3, -0.25) is 4.90 Å². The lowest BCUT2D eigenvalue weighted by Crippen LogP contribution is -2.48. The van der Waals surface area contributed by atoms with Crippen molar-refractivity contribution in [2.75, 3.05) is 23.8 Å². The Labute approximate surface area is 231 Å². The van der Waals surface area contributed by atoms with E-state index >= 15 is 0 Å². The maximum absolute atomic E-state index is 14.0. The Balaban J connectivity index is 1.72. The summed E-state index contributed by atoms with van der Waals surface area (Å²) in [6.45, 7) is 4.27. The molecule has 0 aromatic heterocycles. The molecule has 1 heterocycles. The minimum atomic E-state index is -0.917. The van der Waals surface area contributed by atoms with Crippen LogP contribution in [0.5, 0.6) is 0 Å². The van der Waals surface area contributed by atoms with Crippen molar-refractivity contribution in [3.8, 4) is 0 Å². The minimum absolute atomic E-state index is 0.141. The molecule has 0 fully saturated rings. The van der Waals surface area contributed by atoms with E-state index in [1.165, 1.54) is 0 Å². The minimum Gasteiger partial charge on any atom is -0.463 e. The van der Waals surface area contributed by atoms with Crippen molar-refractivity contribution >= 4 is 35.1 Å². The molecule has 1 atom stereocenters. The summed E-state index contributed by atoms with van der Waals surface area (Å²) in [6.07, 6.45) is 1.58. The van der Waals surface area contributed by atoms with Crippen molar-refractivity contribution in [3.05, 3.63) is 101 Å². The van der Waals surface area contributed by atoms with Crippen LogP contribution in [0, 0.1) is 11.6 Å². The number of anilines is 2. The highest BCUT2D eigenvalue weighted by atomic mass is 19.1. The molecule has 3 N–H and O–H groups in total. The highest BCUT2D eigenvalue weighted by molar-refractivity contribution is 6.05. The topological polar surface area (TPSA) is 99.8 Å². The number of ether oxygens (including phenoxy) is 1. The first-order valence-corrected chi connectivity index (χ1v) is 13.0. The van der Waals surface area contributed by atoms with Crippen molar-refractivity contribution in [1.29, 1.82) is 0 Å². The number of hydrogen-bond donors (Lipinski definition) is 3. The molecule has 3 aromatic carbocycles. The zero-order valence-electron chi connectivity index (χ0n) is 22.2. The van der Waals surface area contributed by atoms with E-state index in [0.29, 0.717) is 35.1 Å². The van der Waals surface area contributed by atoms with Crippen LogP contribution in [0.25, 0.3) is 5.70 Å². The van der Waals surface area contributed by atoms with Crippen LogP contribution in [-0.2, 0) is 9.53 Å². The highest BCUT2D eigenvalue weighted by Gasteiger charge is 2.38. The van der Waals surface area contributed by atoms with Crippen LogP contribution in [0.3, 0.4) is 0 Å². The number of nitrogens with zero attached hydrogens (tertiary/aromatic N) is 1. The zero-order valence-corrected chi connectivity index (χ0v) is 22.2. The van der Waals surface area contributed by atoms with Gasteiger partial charge in [-0.2, -0.15) is 0 Å². The van der Waals surface area contributed by atoms with Gasteiger partial charge >= 0.3 is 18.0 Å². The second kappa shape index (κ2) is 12.9. The van der Waals surface area contributed by atoms with Gasteiger partial charge in [-0.15, -0.1) is 0 Å². The largest absolute Gasteiger partial charge is 0.463 e. The first-order chi connectivity index (χ1) is 19.3. The number of halogens is 2. The summed E-state index contributed by atoms with van der Waals surface area (Å²) in [6, 6.07) is 16.6. The third-order valence-corrected chi connectivity index (χ3v) is 6.26. The lowest BCUT2D eigenvalue weighted by Gasteiger charge is -2.37. The molecule has 0 radical (unpaired) electrons. The highest BCUT2D eigenvalue weighted by Crippen LogP contribution is 2.37. The molecule has 208 valence electrons. The van der Waals surface area contributed by atoms with Gasteiger partial charge in [0.1, 0.15) is 11.6 Å². The Morgan fingerprint density at radius 2 is 1.75 bits per heavy atom. The molecule has 10 heteroatoms. The fourth-order valence-electron chi connectivity index (χ4n) is 4.44. The number of urea groups is 2. The maximum atomic E-state index is 14.0. The quantitative estimate of drug-likeness (QED) is 0.268. The molecule has 40 heavy (non-hydrogen) atoms. The van der Waals surface area contributed by atoms with Crippen molar-refractivity contribution in [3.63, 3.8) is 0 Å². The Bertz CT molecular complexity index is 1430. The normalized spacial score (nSPS) is 14.9. The second-order valence-electron chi connectivity index (χ2n) is 9.07. The Kier molecular flexibility index (Phi) is 9.11. The van der Waals surface area contributed by atoms with E-state index in [1.807, 2.05) is 37.3 Å². The standard InChI is InChI=1S/C30H30F2N4O4/c1-3-5-16-36-27(19-10-7-6-8-11-19)25(28(37)40-4-2)26(35-30(36)39)20-12-9-13-22(17-20)33-29(38)34-24-15-14-21(31)18-23(24)32/h6-15,17-18,26H,3-5,16H2,1-2H3,(H,35,39)(H2,33,34,38). The lowest BCUT2D eigenvalue weighted by atomic mass is 9.91. The fourth-order valence-corrected chi connectivity index (χ4v) is 4.44. The molecule has 3 aromatic rings. The van der Waals surface area contributed by atoms with Crippen LogP contribution in [-0.4, -0.2) is 36.1 Å². The lowest BCUT2D eigenvalue weighted by molar-refractivity contribution is -0.138. The summed E-state index contributed by atoms with van der Waals surface area (Å²) in [7, 11) is 0. The summed E-state index contributed by atoms with van der Waals surface area (Å²) < 4.78 is 32.6. The predicted octanol–water partition coefficient (Wildman–Crippen LogP) is 6.45. The number of unbranched alkanes of at least 4 members (excludes halogenated alkanes) is 1. The average Bonchev–Trinajstić information content (AvgIpc) is 2.94. The molecule has 0 bridgehead atoms. The molecule has 4 amide bonds. The van der Waals surface area contributed by atoms with Crippen LogP contribution >= 0.6 is 0 Å². The van der Waals surface area contributed by atoms with E-state index in [1.54, 1.807) is 36.1 Å². The summed E-state index contributed by atoms with van der Waals surface area (Å²) >= 11 is 0. The number of amides is 4. The predicted molar refractivity (Wildman–Crippen MR) is 148 cm³/mol. The molecule has 0 spiro atoms. The summed E-state index contributed by atoms with van der Waals surface area (Å²) in [5.74, 6) is -2.26. The molecule has 4 rings (SSSR count). The SMILES string of the molecule is CCCCN1C(=O)NC(c2cccc(NC(=O)Nc3ccc(F)cc3F)c2)C(C(=O)OCC)=C1c1ccccc1. The Hall–Kier alpha value is -4.73. The Morgan fingerprint density at radius 1 is 0.975 bits per heavy atom. The van der Waals surface area contributed by atoms with E-state index in [-0.39, 0.29) is 23.9 Å². The molecule has 0 aliphatic carbocycles. The van der Waals surface area contributed by atoms with Gasteiger partial charge in [0.05, 0.1) is 29.6 Å². The van der Waals surface area contributed by atoms with Gasteiger partial charge in [-0.05, 0) is 48.7 Å². The van der Waals surface area contributed by atoms with Crippen LogP contribution in [0.4, 0.5) is 29.7 Å². The maximum Gasteiger partial charge on any atom is 0.338 e. The molecular weight excluding hydrogens is 518 g/mol. The van der Waals surface area contributed by atoms with Gasteiger partial charge in [-0.1, -0.05) is 55.8 Å². The molecule has 1 unspecified atom stereocenters. The van der Waals surface area contributed by atoms with Crippen LogP contribution < -0.4 is 16.0 Å². The molecule has 1 aliphatic heterocycles. The van der Waals surface area contributed by atoms with E-state index < -0.39 is 29.7 Å². The van der Waals surface area contributed by atoms with Gasteiger partial charge < -0.3 is 20.7 Å². The van der Waals surface area contributed by atoms with Gasteiger partial charge in [0.15, 0.2) is 0 Å². The average molecular weight is 549 g/mol. The summed E-state index contributed by atoms with van der Waals surface area (Å²) in [4.78, 5) is 40.9.